The maximum atomic E-state index is 13.0. The molecule has 0 spiro atoms. The molecule has 1 aliphatic rings. The summed E-state index contributed by atoms with van der Waals surface area (Å²) in [6, 6.07) is 7.29. The standard InChI is InChI=1S/C18H20N6O2/c1-11-21-22-16-10-24(15(9-23(11)16)18(26)19-2)17(25)7-12-8-20-14-6-4-3-5-13(12)14/h3-6,8,15,20H,7,9-10H2,1-2H3,(H,19,26). The van der Waals surface area contributed by atoms with Crippen molar-refractivity contribution in [2.24, 2.45) is 0 Å². The fraction of sp³-hybridized carbons (Fsp3) is 0.333. The Kier molecular flexibility index (Phi) is 3.95. The zero-order valence-corrected chi connectivity index (χ0v) is 14.7. The second kappa shape index (κ2) is 6.29. The van der Waals surface area contributed by atoms with E-state index in [1.54, 1.807) is 11.9 Å². The molecule has 0 fully saturated rings. The van der Waals surface area contributed by atoms with Crippen molar-refractivity contribution in [2.45, 2.75) is 32.5 Å². The summed E-state index contributed by atoms with van der Waals surface area (Å²) in [5.41, 5.74) is 1.91. The third kappa shape index (κ3) is 2.63. The molecule has 2 amide bonds. The fourth-order valence-corrected chi connectivity index (χ4v) is 3.51. The summed E-state index contributed by atoms with van der Waals surface area (Å²) in [7, 11) is 1.58. The molecule has 0 saturated heterocycles. The predicted octanol–water partition coefficient (Wildman–Crippen LogP) is 0.767. The number of hydrogen-bond acceptors (Lipinski definition) is 4. The summed E-state index contributed by atoms with van der Waals surface area (Å²) in [6.45, 7) is 2.49. The number of amides is 2. The van der Waals surface area contributed by atoms with Gasteiger partial charge in [-0.2, -0.15) is 0 Å². The Labute approximate surface area is 150 Å². The van der Waals surface area contributed by atoms with Gasteiger partial charge >= 0.3 is 0 Å². The third-order valence-electron chi connectivity index (χ3n) is 4.94. The largest absolute Gasteiger partial charge is 0.361 e. The Morgan fingerprint density at radius 2 is 2.12 bits per heavy atom. The molecule has 3 aromatic rings. The molecule has 1 aliphatic heterocycles. The van der Waals surface area contributed by atoms with Gasteiger partial charge in [0.05, 0.1) is 19.5 Å². The Morgan fingerprint density at radius 3 is 2.92 bits per heavy atom. The van der Waals surface area contributed by atoms with Crippen LogP contribution in [0.5, 0.6) is 0 Å². The third-order valence-corrected chi connectivity index (χ3v) is 4.94. The molecule has 1 atom stereocenters. The molecule has 26 heavy (non-hydrogen) atoms. The highest BCUT2D eigenvalue weighted by Crippen LogP contribution is 2.22. The number of carbonyl (C=O) groups excluding carboxylic acids is 2. The van der Waals surface area contributed by atoms with E-state index in [1.165, 1.54) is 0 Å². The highest BCUT2D eigenvalue weighted by molar-refractivity contribution is 5.92. The molecule has 8 heteroatoms. The van der Waals surface area contributed by atoms with Crippen LogP contribution in [0, 0.1) is 6.92 Å². The van der Waals surface area contributed by atoms with Crippen molar-refractivity contribution < 1.29 is 9.59 Å². The Balaban J connectivity index is 1.63. The average molecular weight is 352 g/mol. The smallest absolute Gasteiger partial charge is 0.244 e. The number of aromatic nitrogens is 4. The summed E-state index contributed by atoms with van der Waals surface area (Å²) >= 11 is 0. The summed E-state index contributed by atoms with van der Waals surface area (Å²) in [4.78, 5) is 30.2. The molecule has 4 rings (SSSR count). The highest BCUT2D eigenvalue weighted by Gasteiger charge is 2.36. The van der Waals surface area contributed by atoms with Crippen LogP contribution in [-0.2, 0) is 29.1 Å². The van der Waals surface area contributed by atoms with Gasteiger partial charge in [0, 0.05) is 24.1 Å². The van der Waals surface area contributed by atoms with E-state index in [4.69, 9.17) is 0 Å². The van der Waals surface area contributed by atoms with Crippen molar-refractivity contribution in [3.63, 3.8) is 0 Å². The number of hydrogen-bond donors (Lipinski definition) is 2. The average Bonchev–Trinajstić information content (AvgIpc) is 3.24. The van der Waals surface area contributed by atoms with Crippen LogP contribution in [0.4, 0.5) is 0 Å². The number of aryl methyl sites for hydroxylation is 1. The molecule has 0 bridgehead atoms. The number of H-pyrrole nitrogens is 1. The van der Waals surface area contributed by atoms with E-state index in [9.17, 15) is 9.59 Å². The van der Waals surface area contributed by atoms with E-state index < -0.39 is 6.04 Å². The molecule has 1 aromatic carbocycles. The van der Waals surface area contributed by atoms with E-state index in [0.717, 1.165) is 22.3 Å². The molecule has 8 nitrogen and oxygen atoms in total. The van der Waals surface area contributed by atoms with Crippen LogP contribution in [0.15, 0.2) is 30.5 Å². The monoisotopic (exact) mass is 352 g/mol. The number of para-hydroxylation sites is 1. The van der Waals surface area contributed by atoms with Crippen molar-refractivity contribution in [2.75, 3.05) is 7.05 Å². The molecule has 2 aromatic heterocycles. The first-order chi connectivity index (χ1) is 12.6. The predicted molar refractivity (Wildman–Crippen MR) is 95.2 cm³/mol. The molecule has 1 unspecified atom stereocenters. The number of rotatable bonds is 3. The van der Waals surface area contributed by atoms with Gasteiger partial charge in [-0.25, -0.2) is 0 Å². The molecule has 3 heterocycles. The quantitative estimate of drug-likeness (QED) is 0.728. The van der Waals surface area contributed by atoms with Gasteiger partial charge in [-0.1, -0.05) is 18.2 Å². The van der Waals surface area contributed by atoms with Crippen LogP contribution < -0.4 is 5.32 Å². The van der Waals surface area contributed by atoms with Crippen molar-refractivity contribution in [3.8, 4) is 0 Å². The molecular formula is C18H20N6O2. The topological polar surface area (TPSA) is 95.9 Å². The molecular weight excluding hydrogens is 332 g/mol. The van der Waals surface area contributed by atoms with Gasteiger partial charge in [0.25, 0.3) is 0 Å². The molecule has 134 valence electrons. The summed E-state index contributed by atoms with van der Waals surface area (Å²) in [6.07, 6.45) is 2.08. The lowest BCUT2D eigenvalue weighted by Gasteiger charge is -2.35. The van der Waals surface area contributed by atoms with Crippen molar-refractivity contribution in [3.05, 3.63) is 47.7 Å². The van der Waals surface area contributed by atoms with Gasteiger partial charge in [-0.3, -0.25) is 9.59 Å². The Bertz CT molecular complexity index is 989. The van der Waals surface area contributed by atoms with Crippen LogP contribution in [0.2, 0.25) is 0 Å². The van der Waals surface area contributed by atoms with Gasteiger partial charge < -0.3 is 19.8 Å². The number of nitrogens with zero attached hydrogens (tertiary/aromatic N) is 4. The number of aromatic amines is 1. The van der Waals surface area contributed by atoms with Crippen LogP contribution in [0.1, 0.15) is 17.2 Å². The first kappa shape index (κ1) is 16.3. The summed E-state index contributed by atoms with van der Waals surface area (Å²) in [5, 5.41) is 11.9. The highest BCUT2D eigenvalue weighted by atomic mass is 16.2. The lowest BCUT2D eigenvalue weighted by molar-refractivity contribution is -0.142. The number of fused-ring (bicyclic) bond motifs is 2. The SMILES string of the molecule is CNC(=O)C1Cn2c(C)nnc2CN1C(=O)Cc1c[nH]c2ccccc12. The molecule has 0 saturated carbocycles. The minimum absolute atomic E-state index is 0.102. The van der Waals surface area contributed by atoms with Gasteiger partial charge in [-0.05, 0) is 18.6 Å². The van der Waals surface area contributed by atoms with Crippen molar-refractivity contribution >= 4 is 22.7 Å². The minimum Gasteiger partial charge on any atom is -0.361 e. The van der Waals surface area contributed by atoms with Gasteiger partial charge in [0.15, 0.2) is 5.82 Å². The van der Waals surface area contributed by atoms with Gasteiger partial charge in [0.1, 0.15) is 11.9 Å². The van der Waals surface area contributed by atoms with Crippen molar-refractivity contribution in [1.29, 1.82) is 0 Å². The van der Waals surface area contributed by atoms with Crippen molar-refractivity contribution in [1.82, 2.24) is 30.0 Å². The van der Waals surface area contributed by atoms with E-state index in [2.05, 4.69) is 20.5 Å². The maximum absolute atomic E-state index is 13.0. The van der Waals surface area contributed by atoms with E-state index >= 15 is 0 Å². The number of nitrogens with one attached hydrogen (secondary N) is 2. The number of benzene rings is 1. The minimum atomic E-state index is -0.570. The molecule has 0 radical (unpaired) electrons. The van der Waals surface area contributed by atoms with Gasteiger partial charge in [0.2, 0.25) is 11.8 Å². The zero-order valence-electron chi connectivity index (χ0n) is 14.7. The van der Waals surface area contributed by atoms with Crippen LogP contribution >= 0.6 is 0 Å². The van der Waals surface area contributed by atoms with Crippen LogP contribution in [0.3, 0.4) is 0 Å². The van der Waals surface area contributed by atoms with E-state index in [-0.39, 0.29) is 24.8 Å². The summed E-state index contributed by atoms with van der Waals surface area (Å²) < 4.78 is 1.90. The fourth-order valence-electron chi connectivity index (χ4n) is 3.51. The lowest BCUT2D eigenvalue weighted by Crippen LogP contribution is -2.54. The first-order valence-corrected chi connectivity index (χ1v) is 8.53. The normalized spacial score (nSPS) is 16.5. The summed E-state index contributed by atoms with van der Waals surface area (Å²) in [5.74, 6) is 1.17. The lowest BCUT2D eigenvalue weighted by atomic mass is 10.1. The van der Waals surface area contributed by atoms with Crippen LogP contribution in [0.25, 0.3) is 10.9 Å². The second-order valence-electron chi connectivity index (χ2n) is 6.46. The Morgan fingerprint density at radius 1 is 1.31 bits per heavy atom. The maximum Gasteiger partial charge on any atom is 0.244 e. The van der Waals surface area contributed by atoms with Crippen LogP contribution in [-0.4, -0.2) is 49.6 Å². The molecule has 0 aliphatic carbocycles. The second-order valence-corrected chi connectivity index (χ2v) is 6.46. The van der Waals surface area contributed by atoms with E-state index in [1.807, 2.05) is 42.0 Å². The number of likely N-dealkylation sites (N-methyl/N-ethyl adjacent to an activating group) is 1. The zero-order chi connectivity index (χ0) is 18.3. The van der Waals surface area contributed by atoms with E-state index in [0.29, 0.717) is 12.4 Å². The Hall–Kier alpha value is -3.16. The number of carbonyl (C=O) groups is 2. The van der Waals surface area contributed by atoms with Gasteiger partial charge in [-0.15, -0.1) is 10.2 Å². The molecule has 2 N–H and O–H groups in total. The first-order valence-electron chi connectivity index (χ1n) is 8.53.